The van der Waals surface area contributed by atoms with Crippen LogP contribution in [0.1, 0.15) is 16.5 Å². The molecule has 0 fully saturated rings. The smallest absolute Gasteiger partial charge is 0.123 e. The molecule has 1 atom stereocenters. The SMILES string of the molecule is Fc1ccc(CC(Cl)c2cc(Br)ccc2Cl)cc1. The maximum absolute atomic E-state index is 12.8. The van der Waals surface area contributed by atoms with Gasteiger partial charge in [0.25, 0.3) is 0 Å². The van der Waals surface area contributed by atoms with Gasteiger partial charge in [-0.2, -0.15) is 0 Å². The fourth-order valence-corrected chi connectivity index (χ4v) is 2.73. The molecule has 94 valence electrons. The lowest BCUT2D eigenvalue weighted by Crippen LogP contribution is -1.97. The molecule has 0 heterocycles. The Labute approximate surface area is 124 Å². The normalized spacial score (nSPS) is 12.4. The van der Waals surface area contributed by atoms with E-state index < -0.39 is 0 Å². The summed E-state index contributed by atoms with van der Waals surface area (Å²) in [5.74, 6) is -0.245. The molecule has 18 heavy (non-hydrogen) atoms. The molecular weight excluding hydrogens is 338 g/mol. The minimum absolute atomic E-state index is 0.236. The number of rotatable bonds is 3. The molecular formula is C14H10BrCl2F. The first kappa shape index (κ1) is 13.9. The van der Waals surface area contributed by atoms with Gasteiger partial charge in [-0.1, -0.05) is 39.7 Å². The van der Waals surface area contributed by atoms with Gasteiger partial charge in [-0.05, 0) is 47.9 Å². The Bertz CT molecular complexity index is 540. The average molecular weight is 348 g/mol. The Morgan fingerprint density at radius 3 is 2.44 bits per heavy atom. The van der Waals surface area contributed by atoms with E-state index in [0.717, 1.165) is 15.6 Å². The van der Waals surface area contributed by atoms with Gasteiger partial charge in [0.1, 0.15) is 5.82 Å². The molecule has 4 heteroatoms. The molecule has 2 aromatic carbocycles. The van der Waals surface area contributed by atoms with E-state index in [1.165, 1.54) is 12.1 Å². The number of benzene rings is 2. The van der Waals surface area contributed by atoms with Crippen molar-refractivity contribution >= 4 is 39.1 Å². The summed E-state index contributed by atoms with van der Waals surface area (Å²) < 4.78 is 13.7. The van der Waals surface area contributed by atoms with E-state index >= 15 is 0 Å². The van der Waals surface area contributed by atoms with Crippen LogP contribution >= 0.6 is 39.1 Å². The van der Waals surface area contributed by atoms with E-state index in [2.05, 4.69) is 15.9 Å². The van der Waals surface area contributed by atoms with Crippen molar-refractivity contribution in [1.29, 1.82) is 0 Å². The van der Waals surface area contributed by atoms with Gasteiger partial charge in [0.2, 0.25) is 0 Å². The van der Waals surface area contributed by atoms with Crippen LogP contribution in [0.3, 0.4) is 0 Å². The van der Waals surface area contributed by atoms with Gasteiger partial charge >= 0.3 is 0 Å². The van der Waals surface area contributed by atoms with E-state index in [-0.39, 0.29) is 11.2 Å². The second kappa shape index (κ2) is 6.05. The highest BCUT2D eigenvalue weighted by molar-refractivity contribution is 9.10. The van der Waals surface area contributed by atoms with Gasteiger partial charge in [0, 0.05) is 9.50 Å². The van der Waals surface area contributed by atoms with Gasteiger partial charge in [0.15, 0.2) is 0 Å². The first-order valence-corrected chi connectivity index (χ1v) is 7.00. The zero-order valence-corrected chi connectivity index (χ0v) is 12.4. The predicted octanol–water partition coefficient (Wildman–Crippen LogP) is 5.76. The molecule has 2 rings (SSSR count). The highest BCUT2D eigenvalue weighted by Gasteiger charge is 2.13. The van der Waals surface area contributed by atoms with Crippen molar-refractivity contribution in [3.05, 3.63) is 68.9 Å². The van der Waals surface area contributed by atoms with Crippen LogP contribution in [0.2, 0.25) is 5.02 Å². The zero-order valence-electron chi connectivity index (χ0n) is 9.34. The summed E-state index contributed by atoms with van der Waals surface area (Å²) >= 11 is 15.9. The van der Waals surface area contributed by atoms with E-state index in [0.29, 0.717) is 11.4 Å². The minimum Gasteiger partial charge on any atom is -0.207 e. The number of hydrogen-bond donors (Lipinski definition) is 0. The maximum Gasteiger partial charge on any atom is 0.123 e. The van der Waals surface area contributed by atoms with Crippen LogP contribution in [0.25, 0.3) is 0 Å². The molecule has 2 aromatic rings. The first-order valence-electron chi connectivity index (χ1n) is 5.40. The molecule has 0 aromatic heterocycles. The fourth-order valence-electron chi connectivity index (χ4n) is 1.69. The lowest BCUT2D eigenvalue weighted by atomic mass is 10.0. The number of alkyl halides is 1. The molecule has 1 unspecified atom stereocenters. The van der Waals surface area contributed by atoms with E-state index in [1.807, 2.05) is 12.1 Å². The molecule has 0 nitrogen and oxygen atoms in total. The largest absolute Gasteiger partial charge is 0.207 e. The molecule has 0 aliphatic carbocycles. The van der Waals surface area contributed by atoms with E-state index in [9.17, 15) is 4.39 Å². The monoisotopic (exact) mass is 346 g/mol. The molecule has 0 saturated carbocycles. The van der Waals surface area contributed by atoms with E-state index in [1.54, 1.807) is 18.2 Å². The molecule has 0 saturated heterocycles. The van der Waals surface area contributed by atoms with Crippen LogP contribution in [0.15, 0.2) is 46.9 Å². The van der Waals surface area contributed by atoms with E-state index in [4.69, 9.17) is 23.2 Å². The highest BCUT2D eigenvalue weighted by Crippen LogP contribution is 2.32. The summed E-state index contributed by atoms with van der Waals surface area (Å²) in [6.07, 6.45) is 0.609. The fraction of sp³-hybridized carbons (Fsp3) is 0.143. The molecule has 0 amide bonds. The Hall–Kier alpha value is -0.570. The van der Waals surface area contributed by atoms with Crippen LogP contribution < -0.4 is 0 Å². The third-order valence-electron chi connectivity index (χ3n) is 2.62. The highest BCUT2D eigenvalue weighted by atomic mass is 79.9. The van der Waals surface area contributed by atoms with Crippen molar-refractivity contribution < 1.29 is 4.39 Å². The van der Waals surface area contributed by atoms with Gasteiger partial charge < -0.3 is 0 Å². The van der Waals surface area contributed by atoms with Gasteiger partial charge in [0.05, 0.1) is 5.38 Å². The molecule has 0 aliphatic rings. The molecule has 0 radical (unpaired) electrons. The standard InChI is InChI=1S/C14H10BrCl2F/c15-10-3-6-13(16)12(8-10)14(17)7-9-1-4-11(18)5-2-9/h1-6,8,14H,7H2. The van der Waals surface area contributed by atoms with Crippen molar-refractivity contribution in [1.82, 2.24) is 0 Å². The summed E-state index contributed by atoms with van der Waals surface area (Å²) in [6, 6.07) is 11.9. The predicted molar refractivity (Wildman–Crippen MR) is 77.9 cm³/mol. The van der Waals surface area contributed by atoms with Crippen LogP contribution in [0.5, 0.6) is 0 Å². The topological polar surface area (TPSA) is 0 Å². The summed E-state index contributed by atoms with van der Waals surface area (Å²) in [6.45, 7) is 0. The first-order chi connectivity index (χ1) is 8.56. The molecule has 0 aliphatic heterocycles. The molecule has 0 spiro atoms. The third kappa shape index (κ3) is 3.47. The average Bonchev–Trinajstić information content (AvgIpc) is 2.35. The van der Waals surface area contributed by atoms with Crippen LogP contribution in [0.4, 0.5) is 4.39 Å². The van der Waals surface area contributed by atoms with Crippen molar-refractivity contribution in [2.75, 3.05) is 0 Å². The van der Waals surface area contributed by atoms with Crippen molar-refractivity contribution in [3.8, 4) is 0 Å². The zero-order chi connectivity index (χ0) is 13.1. The van der Waals surface area contributed by atoms with Crippen LogP contribution in [-0.2, 0) is 6.42 Å². The van der Waals surface area contributed by atoms with Crippen molar-refractivity contribution in [2.45, 2.75) is 11.8 Å². The van der Waals surface area contributed by atoms with Crippen LogP contribution in [-0.4, -0.2) is 0 Å². The Kier molecular flexibility index (Phi) is 4.66. The lowest BCUT2D eigenvalue weighted by molar-refractivity contribution is 0.627. The summed E-state index contributed by atoms with van der Waals surface area (Å²) in [5.41, 5.74) is 1.85. The Morgan fingerprint density at radius 2 is 1.78 bits per heavy atom. The second-order valence-electron chi connectivity index (χ2n) is 3.96. The maximum atomic E-state index is 12.8. The summed E-state index contributed by atoms with van der Waals surface area (Å²) in [5, 5.41) is 0.403. The number of halogens is 4. The Morgan fingerprint density at radius 1 is 1.11 bits per heavy atom. The summed E-state index contributed by atoms with van der Waals surface area (Å²) in [4.78, 5) is 0. The Balaban J connectivity index is 2.18. The van der Waals surface area contributed by atoms with Gasteiger partial charge in [-0.25, -0.2) is 4.39 Å². The lowest BCUT2D eigenvalue weighted by Gasteiger charge is -2.12. The van der Waals surface area contributed by atoms with Gasteiger partial charge in [-0.15, -0.1) is 11.6 Å². The third-order valence-corrected chi connectivity index (χ3v) is 3.85. The van der Waals surface area contributed by atoms with Gasteiger partial charge in [-0.3, -0.25) is 0 Å². The van der Waals surface area contributed by atoms with Crippen molar-refractivity contribution in [2.24, 2.45) is 0 Å². The van der Waals surface area contributed by atoms with Crippen LogP contribution in [0, 0.1) is 5.82 Å². The second-order valence-corrected chi connectivity index (χ2v) is 5.81. The molecule has 0 N–H and O–H groups in total. The summed E-state index contributed by atoms with van der Waals surface area (Å²) in [7, 11) is 0. The minimum atomic E-state index is -0.245. The quantitative estimate of drug-likeness (QED) is 0.619. The van der Waals surface area contributed by atoms with Crippen molar-refractivity contribution in [3.63, 3.8) is 0 Å². The molecule has 0 bridgehead atoms. The number of hydrogen-bond acceptors (Lipinski definition) is 0.